The number of nitrogens with one attached hydrogen (secondary N) is 1. The molecular formula is C19H30N2O. The largest absolute Gasteiger partial charge is 0.273 e. The predicted octanol–water partition coefficient (Wildman–Crippen LogP) is 4.98. The van der Waals surface area contributed by atoms with Gasteiger partial charge in [-0.3, -0.25) is 4.79 Å². The second-order valence-corrected chi connectivity index (χ2v) is 5.97. The molecule has 1 aromatic carbocycles. The Bertz CT molecular complexity index is 480. The van der Waals surface area contributed by atoms with Gasteiger partial charge in [-0.2, -0.15) is 5.10 Å². The molecule has 0 spiro atoms. The van der Waals surface area contributed by atoms with Crippen molar-refractivity contribution in [3.63, 3.8) is 0 Å². The molecule has 0 saturated heterocycles. The molecule has 3 heteroatoms. The molecule has 0 saturated carbocycles. The van der Waals surface area contributed by atoms with Crippen LogP contribution in [0.4, 0.5) is 0 Å². The Hall–Kier alpha value is -1.64. The second kappa shape index (κ2) is 11.0. The van der Waals surface area contributed by atoms with Gasteiger partial charge in [0.25, 0.3) is 0 Å². The number of nitrogens with zero attached hydrogens (tertiary/aromatic N) is 1. The highest BCUT2D eigenvalue weighted by atomic mass is 16.2. The van der Waals surface area contributed by atoms with Crippen molar-refractivity contribution in [2.24, 2.45) is 5.10 Å². The Morgan fingerprint density at radius 1 is 1.09 bits per heavy atom. The van der Waals surface area contributed by atoms with Crippen LogP contribution in [0, 0.1) is 6.92 Å². The van der Waals surface area contributed by atoms with Gasteiger partial charge in [0.15, 0.2) is 0 Å². The molecule has 0 aliphatic heterocycles. The molecule has 1 aromatic rings. The average molecular weight is 302 g/mol. The maximum absolute atomic E-state index is 11.8. The van der Waals surface area contributed by atoms with Gasteiger partial charge in [0.1, 0.15) is 0 Å². The lowest BCUT2D eigenvalue weighted by Gasteiger charge is -2.04. The fraction of sp³-hybridized carbons (Fsp3) is 0.579. The second-order valence-electron chi connectivity index (χ2n) is 5.97. The van der Waals surface area contributed by atoms with Crippen LogP contribution >= 0.6 is 0 Å². The van der Waals surface area contributed by atoms with E-state index in [4.69, 9.17) is 0 Å². The zero-order valence-electron chi connectivity index (χ0n) is 14.3. The van der Waals surface area contributed by atoms with Crippen molar-refractivity contribution < 1.29 is 4.79 Å². The Kier molecular flexibility index (Phi) is 9.20. The lowest BCUT2D eigenvalue weighted by Crippen LogP contribution is -2.18. The Labute approximate surface area is 135 Å². The molecule has 22 heavy (non-hydrogen) atoms. The third-order valence-corrected chi connectivity index (χ3v) is 3.79. The number of carbonyl (C=O) groups is 1. The third kappa shape index (κ3) is 7.96. The first-order valence-corrected chi connectivity index (χ1v) is 8.53. The van der Waals surface area contributed by atoms with Crippen LogP contribution < -0.4 is 5.43 Å². The van der Waals surface area contributed by atoms with Gasteiger partial charge in [0.2, 0.25) is 5.91 Å². The maximum Gasteiger partial charge on any atom is 0.240 e. The number of benzene rings is 1. The highest BCUT2D eigenvalue weighted by Crippen LogP contribution is 2.08. The van der Waals surface area contributed by atoms with E-state index >= 15 is 0 Å². The molecule has 122 valence electrons. The number of carbonyl (C=O) groups excluding carboxylic acids is 1. The van der Waals surface area contributed by atoms with Crippen LogP contribution in [0.15, 0.2) is 29.4 Å². The van der Waals surface area contributed by atoms with Crippen molar-refractivity contribution in [3.05, 3.63) is 35.4 Å². The first kappa shape index (κ1) is 18.4. The van der Waals surface area contributed by atoms with Gasteiger partial charge in [0, 0.05) is 6.42 Å². The summed E-state index contributed by atoms with van der Waals surface area (Å²) in [4.78, 5) is 11.8. The topological polar surface area (TPSA) is 41.5 Å². The van der Waals surface area contributed by atoms with Crippen molar-refractivity contribution in [2.75, 3.05) is 0 Å². The number of rotatable bonds is 10. The van der Waals surface area contributed by atoms with Gasteiger partial charge in [-0.15, -0.1) is 0 Å². The molecule has 0 unspecified atom stereocenters. The predicted molar refractivity (Wildman–Crippen MR) is 94.1 cm³/mol. The van der Waals surface area contributed by atoms with E-state index < -0.39 is 0 Å². The van der Waals surface area contributed by atoms with E-state index in [0.29, 0.717) is 6.42 Å². The molecule has 0 bridgehead atoms. The molecule has 0 aromatic heterocycles. The summed E-state index contributed by atoms with van der Waals surface area (Å²) in [6.07, 6.45) is 9.11. The molecule has 1 amide bonds. The highest BCUT2D eigenvalue weighted by Gasteiger charge is 2.02. The van der Waals surface area contributed by atoms with E-state index in [0.717, 1.165) is 24.1 Å². The smallest absolute Gasteiger partial charge is 0.240 e. The molecule has 0 heterocycles. The first-order chi connectivity index (χ1) is 10.6. The minimum absolute atomic E-state index is 0.0144. The SMILES string of the molecule is CCCCCCCCCC(=O)NN=C(C)c1cccc(C)c1. The summed E-state index contributed by atoms with van der Waals surface area (Å²) in [6, 6.07) is 8.13. The molecule has 0 atom stereocenters. The van der Waals surface area contributed by atoms with E-state index in [-0.39, 0.29) is 5.91 Å². The van der Waals surface area contributed by atoms with E-state index in [2.05, 4.69) is 36.5 Å². The minimum atomic E-state index is 0.0144. The number of aryl methyl sites for hydroxylation is 1. The van der Waals surface area contributed by atoms with Gasteiger partial charge in [-0.05, 0) is 25.8 Å². The Balaban J connectivity index is 2.21. The van der Waals surface area contributed by atoms with Crippen molar-refractivity contribution in [1.82, 2.24) is 5.43 Å². The summed E-state index contributed by atoms with van der Waals surface area (Å²) in [6.45, 7) is 6.20. The summed E-state index contributed by atoms with van der Waals surface area (Å²) in [5, 5.41) is 4.19. The van der Waals surface area contributed by atoms with E-state index in [1.165, 1.54) is 37.7 Å². The number of hydrogen-bond acceptors (Lipinski definition) is 2. The fourth-order valence-electron chi connectivity index (χ4n) is 2.38. The summed E-state index contributed by atoms with van der Waals surface area (Å²) >= 11 is 0. The van der Waals surface area contributed by atoms with Gasteiger partial charge in [-0.1, -0.05) is 75.3 Å². The minimum Gasteiger partial charge on any atom is -0.273 e. The zero-order valence-corrected chi connectivity index (χ0v) is 14.3. The summed E-state index contributed by atoms with van der Waals surface area (Å²) < 4.78 is 0. The van der Waals surface area contributed by atoms with Gasteiger partial charge in [-0.25, -0.2) is 5.43 Å². The standard InChI is InChI=1S/C19H30N2O/c1-4-5-6-7-8-9-10-14-19(22)21-20-17(3)18-13-11-12-16(2)15-18/h11-13,15H,4-10,14H2,1-3H3,(H,21,22). The van der Waals surface area contributed by atoms with Crippen LogP contribution in [0.3, 0.4) is 0 Å². The van der Waals surface area contributed by atoms with Crippen LogP contribution in [0.25, 0.3) is 0 Å². The summed E-state index contributed by atoms with van der Waals surface area (Å²) in [5.41, 5.74) is 5.75. The van der Waals surface area contributed by atoms with Gasteiger partial charge in [0.05, 0.1) is 5.71 Å². The first-order valence-electron chi connectivity index (χ1n) is 8.53. The molecule has 0 fully saturated rings. The van der Waals surface area contributed by atoms with E-state index in [9.17, 15) is 4.79 Å². The van der Waals surface area contributed by atoms with Crippen LogP contribution in [-0.4, -0.2) is 11.6 Å². The molecule has 0 aliphatic carbocycles. The van der Waals surface area contributed by atoms with Crippen molar-refractivity contribution >= 4 is 11.6 Å². The zero-order chi connectivity index (χ0) is 16.2. The molecule has 0 aliphatic rings. The summed E-state index contributed by atoms with van der Waals surface area (Å²) in [7, 11) is 0. The molecule has 3 nitrogen and oxygen atoms in total. The molecule has 1 rings (SSSR count). The third-order valence-electron chi connectivity index (χ3n) is 3.79. The van der Waals surface area contributed by atoms with E-state index in [1.807, 2.05) is 19.1 Å². The summed E-state index contributed by atoms with van der Waals surface area (Å²) in [5.74, 6) is 0.0144. The number of amides is 1. The maximum atomic E-state index is 11.8. The molecular weight excluding hydrogens is 272 g/mol. The monoisotopic (exact) mass is 302 g/mol. The van der Waals surface area contributed by atoms with Crippen LogP contribution in [-0.2, 0) is 4.79 Å². The van der Waals surface area contributed by atoms with E-state index in [1.54, 1.807) is 0 Å². The van der Waals surface area contributed by atoms with Crippen molar-refractivity contribution in [2.45, 2.75) is 72.1 Å². The van der Waals surface area contributed by atoms with Gasteiger partial charge >= 0.3 is 0 Å². The lowest BCUT2D eigenvalue weighted by atomic mass is 10.1. The molecule has 1 N–H and O–H groups in total. The number of hydrazone groups is 1. The Morgan fingerprint density at radius 3 is 2.45 bits per heavy atom. The van der Waals surface area contributed by atoms with Crippen molar-refractivity contribution in [3.8, 4) is 0 Å². The average Bonchev–Trinajstić information content (AvgIpc) is 2.51. The normalized spacial score (nSPS) is 11.5. The van der Waals surface area contributed by atoms with Crippen LogP contribution in [0.1, 0.15) is 76.3 Å². The highest BCUT2D eigenvalue weighted by molar-refractivity contribution is 5.99. The lowest BCUT2D eigenvalue weighted by molar-refractivity contribution is -0.121. The van der Waals surface area contributed by atoms with Crippen LogP contribution in [0.5, 0.6) is 0 Å². The Morgan fingerprint density at radius 2 is 1.77 bits per heavy atom. The number of hydrogen-bond donors (Lipinski definition) is 1. The van der Waals surface area contributed by atoms with Crippen molar-refractivity contribution in [1.29, 1.82) is 0 Å². The quantitative estimate of drug-likeness (QED) is 0.370. The van der Waals surface area contributed by atoms with Crippen LogP contribution in [0.2, 0.25) is 0 Å². The fourth-order valence-corrected chi connectivity index (χ4v) is 2.38. The molecule has 0 radical (unpaired) electrons. The van der Waals surface area contributed by atoms with Gasteiger partial charge < -0.3 is 0 Å². The number of unbranched alkanes of at least 4 members (excludes halogenated alkanes) is 6.